The van der Waals surface area contributed by atoms with Gasteiger partial charge in [0, 0.05) is 12.1 Å². The standard InChI is InChI=1S/C18H28N2O/c1-13-4-3-10-20(11-9-13)17-8-6-14-5-7-15(21-2)12-16(14)18(17)19/h5,7,12-13,17-18H,3-4,6,8-11,19H2,1-2H3. The number of ether oxygens (including phenoxy) is 1. The lowest BCUT2D eigenvalue weighted by molar-refractivity contribution is 0.159. The number of rotatable bonds is 2. The number of likely N-dealkylation sites (tertiary alicyclic amines) is 1. The summed E-state index contributed by atoms with van der Waals surface area (Å²) in [4.78, 5) is 2.65. The van der Waals surface area contributed by atoms with Crippen molar-refractivity contribution in [3.8, 4) is 5.75 Å². The van der Waals surface area contributed by atoms with E-state index in [9.17, 15) is 0 Å². The molecule has 2 aliphatic rings. The van der Waals surface area contributed by atoms with Crippen molar-refractivity contribution < 1.29 is 4.74 Å². The molecular formula is C18H28N2O. The molecule has 1 heterocycles. The van der Waals surface area contributed by atoms with Gasteiger partial charge in [-0.05, 0) is 74.4 Å². The van der Waals surface area contributed by atoms with Gasteiger partial charge in [0.2, 0.25) is 0 Å². The molecule has 0 spiro atoms. The normalized spacial score (nSPS) is 30.5. The summed E-state index contributed by atoms with van der Waals surface area (Å²) in [5.41, 5.74) is 9.33. The van der Waals surface area contributed by atoms with Gasteiger partial charge in [-0.25, -0.2) is 0 Å². The summed E-state index contributed by atoms with van der Waals surface area (Å²) in [5, 5.41) is 0. The lowest BCUT2D eigenvalue weighted by atomic mass is 9.83. The van der Waals surface area contributed by atoms with Gasteiger partial charge >= 0.3 is 0 Å². The number of methoxy groups -OCH3 is 1. The number of nitrogens with zero attached hydrogens (tertiary/aromatic N) is 1. The first kappa shape index (κ1) is 14.9. The van der Waals surface area contributed by atoms with E-state index in [1.807, 2.05) is 0 Å². The Labute approximate surface area is 128 Å². The molecule has 3 nitrogen and oxygen atoms in total. The van der Waals surface area contributed by atoms with Crippen LogP contribution in [0.1, 0.15) is 49.8 Å². The minimum absolute atomic E-state index is 0.122. The average molecular weight is 288 g/mol. The van der Waals surface area contributed by atoms with Crippen LogP contribution in [0, 0.1) is 5.92 Å². The number of fused-ring (bicyclic) bond motifs is 1. The van der Waals surface area contributed by atoms with Crippen LogP contribution >= 0.6 is 0 Å². The Morgan fingerprint density at radius 3 is 2.86 bits per heavy atom. The summed E-state index contributed by atoms with van der Waals surface area (Å²) in [5.74, 6) is 1.79. The van der Waals surface area contributed by atoms with Crippen LogP contribution in [0.3, 0.4) is 0 Å². The Morgan fingerprint density at radius 1 is 1.19 bits per heavy atom. The van der Waals surface area contributed by atoms with Gasteiger partial charge in [0.1, 0.15) is 5.75 Å². The van der Waals surface area contributed by atoms with E-state index in [0.717, 1.165) is 18.1 Å². The highest BCUT2D eigenvalue weighted by molar-refractivity contribution is 5.40. The van der Waals surface area contributed by atoms with Crippen LogP contribution in [0.25, 0.3) is 0 Å². The summed E-state index contributed by atoms with van der Waals surface area (Å²) >= 11 is 0. The van der Waals surface area contributed by atoms with Crippen LogP contribution in [-0.4, -0.2) is 31.1 Å². The Kier molecular flexibility index (Phi) is 4.51. The van der Waals surface area contributed by atoms with Crippen LogP contribution in [0.15, 0.2) is 18.2 Å². The molecule has 1 aliphatic carbocycles. The second-order valence-corrected chi connectivity index (χ2v) is 6.77. The summed E-state index contributed by atoms with van der Waals surface area (Å²) < 4.78 is 5.37. The van der Waals surface area contributed by atoms with Crippen LogP contribution in [0.5, 0.6) is 5.75 Å². The number of hydrogen-bond donors (Lipinski definition) is 1. The molecular weight excluding hydrogens is 260 g/mol. The predicted molar refractivity (Wildman–Crippen MR) is 86.6 cm³/mol. The van der Waals surface area contributed by atoms with Crippen molar-refractivity contribution >= 4 is 0 Å². The fraction of sp³-hybridized carbons (Fsp3) is 0.667. The first-order chi connectivity index (χ1) is 10.2. The van der Waals surface area contributed by atoms with Crippen molar-refractivity contribution in [3.63, 3.8) is 0 Å². The number of aryl methyl sites for hydroxylation is 1. The maximum atomic E-state index is 6.63. The highest BCUT2D eigenvalue weighted by atomic mass is 16.5. The van der Waals surface area contributed by atoms with Crippen molar-refractivity contribution in [2.45, 2.75) is 51.1 Å². The molecule has 3 rings (SSSR count). The molecule has 1 aromatic carbocycles. The second kappa shape index (κ2) is 6.37. The number of benzene rings is 1. The molecule has 1 saturated heterocycles. The van der Waals surface area contributed by atoms with Gasteiger partial charge in [-0.1, -0.05) is 13.0 Å². The third-order valence-electron chi connectivity index (χ3n) is 5.36. The largest absolute Gasteiger partial charge is 0.497 e. The third-order valence-corrected chi connectivity index (χ3v) is 5.36. The van der Waals surface area contributed by atoms with Crippen molar-refractivity contribution in [1.82, 2.24) is 4.90 Å². The quantitative estimate of drug-likeness (QED) is 0.908. The van der Waals surface area contributed by atoms with E-state index < -0.39 is 0 Å². The SMILES string of the molecule is COc1ccc2c(c1)C(N)C(N1CCCC(C)CC1)CC2. The molecule has 0 aromatic heterocycles. The van der Waals surface area contributed by atoms with Crippen LogP contribution < -0.4 is 10.5 Å². The van der Waals surface area contributed by atoms with Crippen molar-refractivity contribution in [2.75, 3.05) is 20.2 Å². The molecule has 1 fully saturated rings. The highest BCUT2D eigenvalue weighted by Crippen LogP contribution is 2.34. The Morgan fingerprint density at radius 2 is 2.05 bits per heavy atom. The summed E-state index contributed by atoms with van der Waals surface area (Å²) in [6.07, 6.45) is 6.32. The van der Waals surface area contributed by atoms with E-state index in [1.165, 1.54) is 49.9 Å². The van der Waals surface area contributed by atoms with Gasteiger partial charge in [-0.3, -0.25) is 4.90 Å². The van der Waals surface area contributed by atoms with Crippen LogP contribution in [0.4, 0.5) is 0 Å². The molecule has 0 saturated carbocycles. The summed E-state index contributed by atoms with van der Waals surface area (Å²) in [6, 6.07) is 7.01. The minimum atomic E-state index is 0.122. The molecule has 0 bridgehead atoms. The Hall–Kier alpha value is -1.06. The maximum absolute atomic E-state index is 6.63. The summed E-state index contributed by atoms with van der Waals surface area (Å²) in [6.45, 7) is 4.80. The molecule has 116 valence electrons. The van der Waals surface area contributed by atoms with E-state index in [2.05, 4.69) is 30.0 Å². The zero-order valence-electron chi connectivity index (χ0n) is 13.3. The van der Waals surface area contributed by atoms with Gasteiger partial charge in [-0.2, -0.15) is 0 Å². The van der Waals surface area contributed by atoms with Crippen LogP contribution in [-0.2, 0) is 6.42 Å². The molecule has 0 amide bonds. The molecule has 3 unspecified atom stereocenters. The van der Waals surface area contributed by atoms with Crippen molar-refractivity contribution in [3.05, 3.63) is 29.3 Å². The molecule has 1 aromatic rings. The highest BCUT2D eigenvalue weighted by Gasteiger charge is 2.32. The molecule has 21 heavy (non-hydrogen) atoms. The van der Waals surface area contributed by atoms with Crippen molar-refractivity contribution in [1.29, 1.82) is 0 Å². The first-order valence-electron chi connectivity index (χ1n) is 8.35. The van der Waals surface area contributed by atoms with E-state index in [0.29, 0.717) is 6.04 Å². The summed E-state index contributed by atoms with van der Waals surface area (Å²) in [7, 11) is 1.73. The number of hydrogen-bond acceptors (Lipinski definition) is 3. The van der Waals surface area contributed by atoms with Crippen molar-refractivity contribution in [2.24, 2.45) is 11.7 Å². The van der Waals surface area contributed by atoms with Gasteiger partial charge in [0.05, 0.1) is 7.11 Å². The first-order valence-corrected chi connectivity index (χ1v) is 8.35. The lowest BCUT2D eigenvalue weighted by Crippen LogP contribution is -2.45. The van der Waals surface area contributed by atoms with E-state index in [4.69, 9.17) is 10.5 Å². The molecule has 2 N–H and O–H groups in total. The average Bonchev–Trinajstić information content (AvgIpc) is 2.72. The lowest BCUT2D eigenvalue weighted by Gasteiger charge is -2.39. The second-order valence-electron chi connectivity index (χ2n) is 6.77. The van der Waals surface area contributed by atoms with Gasteiger partial charge in [-0.15, -0.1) is 0 Å². The zero-order valence-corrected chi connectivity index (χ0v) is 13.3. The molecule has 3 atom stereocenters. The van der Waals surface area contributed by atoms with E-state index in [1.54, 1.807) is 7.11 Å². The predicted octanol–water partition coefficient (Wildman–Crippen LogP) is 3.13. The van der Waals surface area contributed by atoms with Gasteiger partial charge in [0.25, 0.3) is 0 Å². The zero-order chi connectivity index (χ0) is 14.8. The van der Waals surface area contributed by atoms with E-state index in [-0.39, 0.29) is 6.04 Å². The van der Waals surface area contributed by atoms with Crippen LogP contribution in [0.2, 0.25) is 0 Å². The van der Waals surface area contributed by atoms with Gasteiger partial charge in [0.15, 0.2) is 0 Å². The Balaban J connectivity index is 1.79. The minimum Gasteiger partial charge on any atom is -0.497 e. The smallest absolute Gasteiger partial charge is 0.119 e. The third kappa shape index (κ3) is 3.09. The fourth-order valence-corrected chi connectivity index (χ4v) is 3.95. The maximum Gasteiger partial charge on any atom is 0.119 e. The van der Waals surface area contributed by atoms with E-state index >= 15 is 0 Å². The Bertz CT molecular complexity index is 488. The molecule has 0 radical (unpaired) electrons. The molecule has 1 aliphatic heterocycles. The van der Waals surface area contributed by atoms with Gasteiger partial charge < -0.3 is 10.5 Å². The molecule has 3 heteroatoms. The topological polar surface area (TPSA) is 38.5 Å². The number of nitrogens with two attached hydrogens (primary N) is 1. The monoisotopic (exact) mass is 288 g/mol. The fourth-order valence-electron chi connectivity index (χ4n) is 3.95.